The second kappa shape index (κ2) is 8.39. The van der Waals surface area contributed by atoms with Crippen LogP contribution in [0, 0.1) is 13.8 Å². The lowest BCUT2D eigenvalue weighted by atomic mass is 10.2. The molecule has 8 nitrogen and oxygen atoms in total. The summed E-state index contributed by atoms with van der Waals surface area (Å²) in [5, 5.41) is 0. The summed E-state index contributed by atoms with van der Waals surface area (Å²) in [7, 11) is -3.71. The molecule has 3 aromatic rings. The van der Waals surface area contributed by atoms with Gasteiger partial charge in [-0.25, -0.2) is 8.42 Å². The zero-order valence-electron chi connectivity index (χ0n) is 15.3. The molecule has 3 rings (SSSR count). The number of benzene rings is 1. The van der Waals surface area contributed by atoms with Crippen molar-refractivity contribution in [1.82, 2.24) is 10.9 Å². The maximum Gasteiger partial charge on any atom is 0.273 e. The van der Waals surface area contributed by atoms with E-state index in [4.69, 9.17) is 4.42 Å². The summed E-state index contributed by atoms with van der Waals surface area (Å²) in [6, 6.07) is 10.5. The van der Waals surface area contributed by atoms with E-state index in [9.17, 15) is 18.0 Å². The van der Waals surface area contributed by atoms with Crippen molar-refractivity contribution in [2.24, 2.45) is 0 Å². The summed E-state index contributed by atoms with van der Waals surface area (Å²) < 4.78 is 33.2. The number of halogens is 1. The highest BCUT2D eigenvalue weighted by molar-refractivity contribution is 9.11. The van der Waals surface area contributed by atoms with Crippen molar-refractivity contribution in [2.75, 3.05) is 4.72 Å². The molecule has 152 valence electrons. The van der Waals surface area contributed by atoms with Gasteiger partial charge < -0.3 is 4.42 Å². The Morgan fingerprint density at radius 3 is 2.21 bits per heavy atom. The Labute approximate surface area is 179 Å². The Morgan fingerprint density at radius 2 is 1.66 bits per heavy atom. The molecule has 1 aromatic carbocycles. The average Bonchev–Trinajstić information content (AvgIpc) is 3.25. The second-order valence-electron chi connectivity index (χ2n) is 5.98. The number of rotatable bonds is 5. The molecule has 2 amide bonds. The second-order valence-corrected chi connectivity index (χ2v) is 10.3. The lowest BCUT2D eigenvalue weighted by Crippen LogP contribution is -2.41. The van der Waals surface area contributed by atoms with Crippen LogP contribution in [0.25, 0.3) is 0 Å². The molecule has 0 aliphatic rings. The van der Waals surface area contributed by atoms with Gasteiger partial charge in [0.05, 0.1) is 9.35 Å². The Kier molecular flexibility index (Phi) is 6.10. The summed E-state index contributed by atoms with van der Waals surface area (Å²) in [5.41, 5.74) is 5.50. The molecule has 2 aromatic heterocycles. The van der Waals surface area contributed by atoms with E-state index in [-0.39, 0.29) is 9.77 Å². The van der Waals surface area contributed by atoms with Crippen molar-refractivity contribution in [3.8, 4) is 0 Å². The molecule has 0 atom stereocenters. The fraction of sp³-hybridized carbons (Fsp3) is 0.111. The number of anilines is 1. The third-order valence-electron chi connectivity index (χ3n) is 3.79. The Balaban J connectivity index is 1.61. The van der Waals surface area contributed by atoms with E-state index in [0.717, 1.165) is 11.3 Å². The number of amides is 2. The molecule has 0 aliphatic carbocycles. The van der Waals surface area contributed by atoms with Crippen LogP contribution in [-0.4, -0.2) is 20.2 Å². The molecule has 0 fully saturated rings. The normalized spacial score (nSPS) is 11.1. The molecular weight excluding hydrogens is 482 g/mol. The first-order valence-electron chi connectivity index (χ1n) is 8.21. The van der Waals surface area contributed by atoms with E-state index in [0.29, 0.717) is 26.6 Å². The van der Waals surface area contributed by atoms with Crippen molar-refractivity contribution in [3.63, 3.8) is 0 Å². The highest BCUT2D eigenvalue weighted by atomic mass is 79.9. The SMILES string of the molecule is Cc1cc(C(=O)NNC(=O)c2ccc(NS(=O)(=O)c3ccc(Br)s3)cc2)c(C)o1. The van der Waals surface area contributed by atoms with Gasteiger partial charge >= 0.3 is 0 Å². The summed E-state index contributed by atoms with van der Waals surface area (Å²) >= 11 is 4.31. The van der Waals surface area contributed by atoms with Crippen LogP contribution in [0.1, 0.15) is 32.2 Å². The van der Waals surface area contributed by atoms with Crippen LogP contribution in [0.2, 0.25) is 0 Å². The fourth-order valence-corrected chi connectivity index (χ4v) is 5.51. The number of thiophene rings is 1. The molecule has 11 heteroatoms. The molecule has 3 N–H and O–H groups in total. The number of sulfonamides is 1. The van der Waals surface area contributed by atoms with Gasteiger partial charge in [-0.05, 0) is 72.2 Å². The van der Waals surface area contributed by atoms with Crippen LogP contribution in [-0.2, 0) is 10.0 Å². The highest BCUT2D eigenvalue weighted by Crippen LogP contribution is 2.27. The van der Waals surface area contributed by atoms with Gasteiger partial charge in [0.2, 0.25) is 0 Å². The van der Waals surface area contributed by atoms with Crippen LogP contribution in [0.3, 0.4) is 0 Å². The van der Waals surface area contributed by atoms with E-state index in [1.165, 1.54) is 30.3 Å². The number of nitrogens with one attached hydrogen (secondary N) is 3. The third-order valence-corrected chi connectivity index (χ3v) is 7.28. The van der Waals surface area contributed by atoms with E-state index >= 15 is 0 Å². The average molecular weight is 498 g/mol. The van der Waals surface area contributed by atoms with Crippen molar-refractivity contribution in [1.29, 1.82) is 0 Å². The number of furan rings is 1. The van der Waals surface area contributed by atoms with Gasteiger partial charge in [0.1, 0.15) is 15.7 Å². The zero-order valence-corrected chi connectivity index (χ0v) is 18.5. The molecule has 0 aliphatic heterocycles. The lowest BCUT2D eigenvalue weighted by molar-refractivity contribution is 0.0845. The van der Waals surface area contributed by atoms with Gasteiger partial charge in [-0.3, -0.25) is 25.2 Å². The molecular formula is C18H16BrN3O5S2. The van der Waals surface area contributed by atoms with Gasteiger partial charge in [0, 0.05) is 11.3 Å². The first-order chi connectivity index (χ1) is 13.7. The standard InChI is InChI=1S/C18H16BrN3O5S2/c1-10-9-14(11(2)27-10)18(24)21-20-17(23)12-3-5-13(6-4-12)22-29(25,26)16-8-7-15(19)28-16/h3-9,22H,1-2H3,(H,20,23)(H,21,24). The van der Waals surface area contributed by atoms with Crippen molar-refractivity contribution in [2.45, 2.75) is 18.1 Å². The number of carbonyl (C=O) groups is 2. The topological polar surface area (TPSA) is 118 Å². The molecule has 29 heavy (non-hydrogen) atoms. The minimum atomic E-state index is -3.71. The molecule has 0 saturated carbocycles. The summed E-state index contributed by atoms with van der Waals surface area (Å²) in [6.45, 7) is 3.37. The van der Waals surface area contributed by atoms with Gasteiger partial charge in [-0.2, -0.15) is 0 Å². The minimum Gasteiger partial charge on any atom is -0.466 e. The predicted octanol–water partition coefficient (Wildman–Crippen LogP) is 3.60. The fourth-order valence-electron chi connectivity index (χ4n) is 2.45. The molecule has 0 unspecified atom stereocenters. The molecule has 0 bridgehead atoms. The largest absolute Gasteiger partial charge is 0.466 e. The summed E-state index contributed by atoms with van der Waals surface area (Å²) in [5.74, 6) is -0.0115. The van der Waals surface area contributed by atoms with Crippen LogP contribution < -0.4 is 15.6 Å². The monoisotopic (exact) mass is 497 g/mol. The van der Waals surface area contributed by atoms with E-state index in [2.05, 4.69) is 31.5 Å². The van der Waals surface area contributed by atoms with Crippen molar-refractivity contribution in [3.05, 3.63) is 68.9 Å². The molecule has 0 spiro atoms. The maximum absolute atomic E-state index is 12.3. The van der Waals surface area contributed by atoms with E-state index in [1.807, 2.05) is 0 Å². The quantitative estimate of drug-likeness (QED) is 0.465. The smallest absolute Gasteiger partial charge is 0.273 e. The van der Waals surface area contributed by atoms with E-state index < -0.39 is 21.8 Å². The van der Waals surface area contributed by atoms with Crippen molar-refractivity contribution < 1.29 is 22.4 Å². The molecule has 0 radical (unpaired) electrons. The minimum absolute atomic E-state index is 0.165. The van der Waals surface area contributed by atoms with E-state index in [1.54, 1.807) is 26.0 Å². The Hall–Kier alpha value is -2.63. The van der Waals surface area contributed by atoms with Gasteiger partial charge in [0.25, 0.3) is 21.8 Å². The third kappa shape index (κ3) is 5.05. The summed E-state index contributed by atoms with van der Waals surface area (Å²) in [4.78, 5) is 24.3. The number of hydrazine groups is 1. The predicted molar refractivity (Wildman–Crippen MR) is 112 cm³/mol. The highest BCUT2D eigenvalue weighted by Gasteiger charge is 2.17. The molecule has 2 heterocycles. The summed E-state index contributed by atoms with van der Waals surface area (Å²) in [6.07, 6.45) is 0. The van der Waals surface area contributed by atoms with Gasteiger partial charge in [-0.1, -0.05) is 0 Å². The van der Waals surface area contributed by atoms with Gasteiger partial charge in [-0.15, -0.1) is 11.3 Å². The Morgan fingerprint density at radius 1 is 1.00 bits per heavy atom. The van der Waals surface area contributed by atoms with Crippen LogP contribution in [0.4, 0.5) is 5.69 Å². The first kappa shape index (κ1) is 21.1. The zero-order chi connectivity index (χ0) is 21.2. The first-order valence-corrected chi connectivity index (χ1v) is 11.3. The maximum atomic E-state index is 12.3. The van der Waals surface area contributed by atoms with Crippen LogP contribution in [0.15, 0.2) is 54.9 Å². The lowest BCUT2D eigenvalue weighted by Gasteiger charge is -2.09. The molecule has 0 saturated heterocycles. The number of carbonyl (C=O) groups excluding carboxylic acids is 2. The van der Waals surface area contributed by atoms with Gasteiger partial charge in [0.15, 0.2) is 0 Å². The number of aryl methyl sites for hydroxylation is 2. The number of hydrogen-bond acceptors (Lipinski definition) is 6. The Bertz CT molecular complexity index is 1170. The van der Waals surface area contributed by atoms with Crippen LogP contribution >= 0.6 is 27.3 Å². The van der Waals surface area contributed by atoms with Crippen molar-refractivity contribution >= 4 is 54.8 Å². The number of hydrogen-bond donors (Lipinski definition) is 3. The van der Waals surface area contributed by atoms with Crippen LogP contribution in [0.5, 0.6) is 0 Å².